The Morgan fingerprint density at radius 1 is 0.927 bits per heavy atom. The van der Waals surface area contributed by atoms with Crippen molar-refractivity contribution in [2.24, 2.45) is 4.99 Å². The number of nitrogens with zero attached hydrogens (tertiary/aromatic N) is 2. The third kappa shape index (κ3) is 8.01. The predicted molar refractivity (Wildman–Crippen MR) is 154 cm³/mol. The molecule has 0 aromatic heterocycles. The van der Waals surface area contributed by atoms with E-state index in [4.69, 9.17) is 0 Å². The minimum Gasteiger partial charge on any atom is -0.406 e. The average Bonchev–Trinajstić information content (AvgIpc) is 3.24. The van der Waals surface area contributed by atoms with E-state index >= 15 is 0 Å². The number of ether oxygens (including phenoxy) is 1. The molecule has 1 aliphatic rings. The molecule has 0 saturated carbocycles. The molecule has 0 aliphatic carbocycles. The van der Waals surface area contributed by atoms with Gasteiger partial charge in [-0.25, -0.2) is 9.59 Å². The van der Waals surface area contributed by atoms with Gasteiger partial charge in [0.25, 0.3) is 0 Å². The molecule has 3 N–H and O–H groups in total. The van der Waals surface area contributed by atoms with Gasteiger partial charge in [-0.3, -0.25) is 9.69 Å². The van der Waals surface area contributed by atoms with Crippen LogP contribution in [0.25, 0.3) is 0 Å². The first-order valence-corrected chi connectivity index (χ1v) is 13.4. The van der Waals surface area contributed by atoms with E-state index in [9.17, 15) is 27.6 Å². The summed E-state index contributed by atoms with van der Waals surface area (Å²) in [6.07, 6.45) is -4.81. The van der Waals surface area contributed by atoms with Crippen molar-refractivity contribution in [3.05, 3.63) is 77.9 Å². The number of rotatable bonds is 6. The minimum absolute atomic E-state index is 0.159. The highest BCUT2D eigenvalue weighted by molar-refractivity contribution is 8.15. The molecule has 41 heavy (non-hydrogen) atoms. The zero-order chi connectivity index (χ0) is 29.7. The maximum Gasteiger partial charge on any atom is 0.573 e. The summed E-state index contributed by atoms with van der Waals surface area (Å²) in [6, 6.07) is 15.5. The normalized spacial score (nSPS) is 14.4. The smallest absolute Gasteiger partial charge is 0.406 e. The zero-order valence-corrected chi connectivity index (χ0v) is 23.0. The Kier molecular flexibility index (Phi) is 8.86. The number of thioether (sulfide) groups is 1. The van der Waals surface area contributed by atoms with E-state index < -0.39 is 24.2 Å². The average molecular weight is 586 g/mol. The van der Waals surface area contributed by atoms with Crippen LogP contribution in [0.2, 0.25) is 0 Å². The summed E-state index contributed by atoms with van der Waals surface area (Å²) >= 11 is 1.19. The number of amides is 5. The molecular weight excluding hydrogens is 559 g/mol. The van der Waals surface area contributed by atoms with Gasteiger partial charge in [0.15, 0.2) is 5.17 Å². The molecule has 0 unspecified atom stereocenters. The zero-order valence-electron chi connectivity index (χ0n) is 22.2. The Morgan fingerprint density at radius 3 is 2.05 bits per heavy atom. The first-order chi connectivity index (χ1) is 19.4. The molecule has 9 nitrogen and oxygen atoms in total. The third-order valence-electron chi connectivity index (χ3n) is 5.75. The standard InChI is InChI=1S/C28H26F3N5O4S/c1-16(2)22-13-4-17(3)14-23(22)36-24(37)15-41-27(36)35-26(39)34-19-7-5-18(6-8-19)32-25(38)33-20-9-11-21(12-10-20)40-28(29,30)31/h4-14,16H,15H2,1-3H3,(H,34,39)(H2,32,33,38)/b35-27-. The van der Waals surface area contributed by atoms with Crippen molar-refractivity contribution >= 4 is 57.6 Å². The third-order valence-corrected chi connectivity index (χ3v) is 6.67. The first kappa shape index (κ1) is 29.5. The van der Waals surface area contributed by atoms with Crippen LogP contribution >= 0.6 is 11.8 Å². The van der Waals surface area contributed by atoms with Crippen LogP contribution in [0.3, 0.4) is 0 Å². The summed E-state index contributed by atoms with van der Waals surface area (Å²) in [5.74, 6) is -0.238. The molecule has 13 heteroatoms. The number of carbonyl (C=O) groups excluding carboxylic acids is 3. The number of aryl methyl sites for hydroxylation is 1. The maximum absolute atomic E-state index is 12.7. The van der Waals surface area contributed by atoms with Gasteiger partial charge in [-0.1, -0.05) is 37.7 Å². The molecular formula is C28H26F3N5O4S. The molecule has 1 saturated heterocycles. The van der Waals surface area contributed by atoms with Crippen LogP contribution in [0.4, 0.5) is 45.5 Å². The number of anilines is 4. The van der Waals surface area contributed by atoms with Crippen molar-refractivity contribution in [3.63, 3.8) is 0 Å². The van der Waals surface area contributed by atoms with Crippen molar-refractivity contribution in [3.8, 4) is 5.75 Å². The van der Waals surface area contributed by atoms with E-state index in [2.05, 4.69) is 25.7 Å². The fourth-order valence-corrected chi connectivity index (χ4v) is 4.78. The molecule has 0 radical (unpaired) electrons. The number of carbonyl (C=O) groups is 3. The van der Waals surface area contributed by atoms with Crippen LogP contribution in [0.1, 0.15) is 30.9 Å². The molecule has 0 spiro atoms. The quantitative estimate of drug-likeness (QED) is 0.281. The molecule has 1 heterocycles. The van der Waals surface area contributed by atoms with E-state index in [0.29, 0.717) is 17.1 Å². The van der Waals surface area contributed by atoms with Crippen molar-refractivity contribution in [2.45, 2.75) is 33.1 Å². The highest BCUT2D eigenvalue weighted by Gasteiger charge is 2.33. The molecule has 3 aromatic carbocycles. The van der Waals surface area contributed by atoms with Gasteiger partial charge in [0.05, 0.1) is 11.4 Å². The summed E-state index contributed by atoms with van der Waals surface area (Å²) in [4.78, 5) is 43.3. The van der Waals surface area contributed by atoms with E-state index in [1.54, 1.807) is 24.3 Å². The van der Waals surface area contributed by atoms with Gasteiger partial charge in [-0.05, 0) is 78.6 Å². The second-order valence-electron chi connectivity index (χ2n) is 9.29. The second kappa shape index (κ2) is 12.3. The lowest BCUT2D eigenvalue weighted by atomic mass is 9.99. The fraction of sp³-hybridized carbons (Fsp3) is 0.214. The highest BCUT2D eigenvalue weighted by Crippen LogP contribution is 2.34. The van der Waals surface area contributed by atoms with Crippen LogP contribution in [-0.4, -0.2) is 35.3 Å². The van der Waals surface area contributed by atoms with Gasteiger partial charge < -0.3 is 20.7 Å². The van der Waals surface area contributed by atoms with Gasteiger partial charge in [0, 0.05) is 17.1 Å². The first-order valence-electron chi connectivity index (χ1n) is 12.4. The second-order valence-corrected chi connectivity index (χ2v) is 10.2. The summed E-state index contributed by atoms with van der Waals surface area (Å²) in [5.41, 5.74) is 3.72. The largest absolute Gasteiger partial charge is 0.573 e. The summed E-state index contributed by atoms with van der Waals surface area (Å²) < 4.78 is 40.6. The van der Waals surface area contributed by atoms with E-state index in [1.807, 2.05) is 39.0 Å². The monoisotopic (exact) mass is 585 g/mol. The summed E-state index contributed by atoms with van der Waals surface area (Å²) in [7, 11) is 0. The molecule has 5 amide bonds. The van der Waals surface area contributed by atoms with Gasteiger partial charge in [0.2, 0.25) is 5.91 Å². The predicted octanol–water partition coefficient (Wildman–Crippen LogP) is 7.33. The van der Waals surface area contributed by atoms with Gasteiger partial charge in [0.1, 0.15) is 5.75 Å². The lowest BCUT2D eigenvalue weighted by Crippen LogP contribution is -2.31. The number of benzene rings is 3. The van der Waals surface area contributed by atoms with Crippen LogP contribution in [0.15, 0.2) is 71.7 Å². The Bertz CT molecular complexity index is 1480. The van der Waals surface area contributed by atoms with Gasteiger partial charge >= 0.3 is 18.4 Å². The topological polar surface area (TPSA) is 112 Å². The number of aliphatic imine (C=N–C) groups is 1. The minimum atomic E-state index is -4.81. The molecule has 1 aliphatic heterocycles. The molecule has 3 aromatic rings. The number of halogens is 3. The molecule has 1 fully saturated rings. The molecule has 4 rings (SSSR count). The summed E-state index contributed by atoms with van der Waals surface area (Å²) in [5, 5.41) is 8.01. The van der Waals surface area contributed by atoms with E-state index in [0.717, 1.165) is 23.3 Å². The number of alkyl halides is 3. The lowest BCUT2D eigenvalue weighted by molar-refractivity contribution is -0.274. The van der Waals surface area contributed by atoms with Crippen LogP contribution in [-0.2, 0) is 4.79 Å². The van der Waals surface area contributed by atoms with Crippen molar-refractivity contribution in [1.82, 2.24) is 0 Å². The fourth-order valence-electron chi connectivity index (χ4n) is 3.93. The number of nitrogens with one attached hydrogen (secondary N) is 3. The number of urea groups is 2. The van der Waals surface area contributed by atoms with E-state index in [1.165, 1.54) is 28.8 Å². The lowest BCUT2D eigenvalue weighted by Gasteiger charge is -2.22. The number of amidine groups is 1. The Morgan fingerprint density at radius 2 is 1.49 bits per heavy atom. The highest BCUT2D eigenvalue weighted by atomic mass is 32.2. The Hall–Kier alpha value is -4.52. The van der Waals surface area contributed by atoms with Crippen molar-refractivity contribution < 1.29 is 32.3 Å². The van der Waals surface area contributed by atoms with Gasteiger partial charge in [-0.2, -0.15) is 4.99 Å². The number of hydrogen-bond acceptors (Lipinski definition) is 5. The van der Waals surface area contributed by atoms with Crippen molar-refractivity contribution in [2.75, 3.05) is 26.6 Å². The van der Waals surface area contributed by atoms with Crippen molar-refractivity contribution in [1.29, 1.82) is 0 Å². The van der Waals surface area contributed by atoms with E-state index in [-0.39, 0.29) is 28.4 Å². The van der Waals surface area contributed by atoms with Crippen LogP contribution in [0.5, 0.6) is 5.75 Å². The maximum atomic E-state index is 12.7. The molecule has 0 bridgehead atoms. The Balaban J connectivity index is 1.36. The molecule has 0 atom stereocenters. The Labute approximate surface area is 238 Å². The number of hydrogen-bond donors (Lipinski definition) is 3. The molecule has 214 valence electrons. The van der Waals surface area contributed by atoms with Crippen LogP contribution in [0, 0.1) is 6.92 Å². The summed E-state index contributed by atoms with van der Waals surface area (Å²) in [6.45, 7) is 5.99. The van der Waals surface area contributed by atoms with Gasteiger partial charge in [-0.15, -0.1) is 13.2 Å². The SMILES string of the molecule is Cc1ccc(C(C)C)c(N2C(=O)CS/C2=N\C(=O)Nc2ccc(NC(=O)Nc3ccc(OC(F)(F)F)cc3)cc2)c1. The van der Waals surface area contributed by atoms with Crippen LogP contribution < -0.4 is 25.6 Å².